The van der Waals surface area contributed by atoms with Crippen LogP contribution in [0.15, 0.2) is 53.5 Å². The fourth-order valence-corrected chi connectivity index (χ4v) is 2.21. The molecule has 1 heterocycles. The highest BCUT2D eigenvalue weighted by Crippen LogP contribution is 2.21. The van der Waals surface area contributed by atoms with E-state index in [9.17, 15) is 4.39 Å². The lowest BCUT2D eigenvalue weighted by Gasteiger charge is -2.25. The molecule has 0 spiro atoms. The van der Waals surface area contributed by atoms with Crippen LogP contribution in [0.1, 0.15) is 0 Å². The van der Waals surface area contributed by atoms with E-state index in [0.29, 0.717) is 5.69 Å². The van der Waals surface area contributed by atoms with Gasteiger partial charge in [-0.1, -0.05) is 35.9 Å². The topological polar surface area (TPSA) is 15.6 Å². The van der Waals surface area contributed by atoms with Gasteiger partial charge in [0.2, 0.25) is 5.62 Å². The Kier molecular flexibility index (Phi) is 2.76. The molecule has 1 unspecified atom stereocenters. The fraction of sp³-hybridized carbons (Fsp3) is 0.0714. The largest absolute Gasteiger partial charge is 0.312 e. The Labute approximate surface area is 109 Å². The lowest BCUT2D eigenvalue weighted by Crippen LogP contribution is -2.39. The summed E-state index contributed by atoms with van der Waals surface area (Å²) in [6.45, 7) is 0. The molecule has 4 heteroatoms. The van der Waals surface area contributed by atoms with Crippen molar-refractivity contribution in [1.82, 2.24) is 0 Å². The number of hydrogen-bond donors (Lipinski definition) is 0. The molecule has 0 aliphatic carbocycles. The second kappa shape index (κ2) is 4.42. The third-order valence-electron chi connectivity index (χ3n) is 2.80. The van der Waals surface area contributed by atoms with Crippen LogP contribution in [-0.4, -0.2) is 5.62 Å². The molecule has 1 aliphatic rings. The predicted octanol–water partition coefficient (Wildman–Crippen LogP) is 2.23. The summed E-state index contributed by atoms with van der Waals surface area (Å²) >= 11 is 6.20. The van der Waals surface area contributed by atoms with E-state index in [1.807, 2.05) is 30.5 Å². The van der Waals surface area contributed by atoms with E-state index >= 15 is 0 Å². The Hall–Kier alpha value is -1.87. The molecule has 18 heavy (non-hydrogen) atoms. The van der Waals surface area contributed by atoms with E-state index < -0.39 is 5.62 Å². The molecule has 0 bridgehead atoms. The quantitative estimate of drug-likeness (QED) is 0.567. The standard InChI is InChI=1S/C14H10ClFN2/c15-14-17-13-7-2-1-4-10(13)9-18(14)12-6-3-5-11(16)8-12/h1-9,14H. The van der Waals surface area contributed by atoms with Gasteiger partial charge in [0.25, 0.3) is 0 Å². The van der Waals surface area contributed by atoms with Crippen LogP contribution in [0.25, 0.3) is 6.20 Å². The van der Waals surface area contributed by atoms with Gasteiger partial charge in [-0.25, -0.2) is 9.38 Å². The average molecular weight is 261 g/mol. The van der Waals surface area contributed by atoms with Gasteiger partial charge in [-0.15, -0.1) is 0 Å². The molecule has 90 valence electrons. The smallest absolute Gasteiger partial charge is 0.202 e. The van der Waals surface area contributed by atoms with Crippen molar-refractivity contribution in [2.75, 3.05) is 4.90 Å². The number of benzene rings is 2. The second-order valence-corrected chi connectivity index (χ2v) is 4.41. The van der Waals surface area contributed by atoms with Gasteiger partial charge < -0.3 is 4.90 Å². The summed E-state index contributed by atoms with van der Waals surface area (Å²) in [5.41, 5.74) is 0.134. The third kappa shape index (κ3) is 1.97. The monoisotopic (exact) mass is 260 g/mol. The SMILES string of the molecule is Fc1cccc(N2C=c3ccccc3=NC2Cl)c1. The first kappa shape index (κ1) is 11.2. The van der Waals surface area contributed by atoms with Crippen LogP contribution in [0.2, 0.25) is 0 Å². The second-order valence-electron chi connectivity index (χ2n) is 4.01. The Morgan fingerprint density at radius 2 is 1.94 bits per heavy atom. The number of para-hydroxylation sites is 1. The van der Waals surface area contributed by atoms with Gasteiger partial charge in [0.1, 0.15) is 5.82 Å². The summed E-state index contributed by atoms with van der Waals surface area (Å²) in [5.74, 6) is -0.288. The van der Waals surface area contributed by atoms with Crippen LogP contribution in [0.3, 0.4) is 0 Å². The van der Waals surface area contributed by atoms with Gasteiger partial charge in [0, 0.05) is 17.1 Å². The number of halogens is 2. The van der Waals surface area contributed by atoms with E-state index in [1.165, 1.54) is 12.1 Å². The highest BCUT2D eigenvalue weighted by molar-refractivity contribution is 6.22. The molecule has 2 aromatic carbocycles. The highest BCUT2D eigenvalue weighted by Gasteiger charge is 2.16. The van der Waals surface area contributed by atoms with Gasteiger partial charge in [0.05, 0.1) is 5.36 Å². The molecule has 1 atom stereocenters. The van der Waals surface area contributed by atoms with Crippen LogP contribution in [-0.2, 0) is 0 Å². The highest BCUT2D eigenvalue weighted by atomic mass is 35.5. The number of hydrogen-bond acceptors (Lipinski definition) is 2. The van der Waals surface area contributed by atoms with E-state index in [-0.39, 0.29) is 5.82 Å². The molecule has 0 saturated carbocycles. The minimum atomic E-state index is -0.554. The summed E-state index contributed by atoms with van der Waals surface area (Å²) in [4.78, 5) is 6.11. The number of nitrogens with zero attached hydrogens (tertiary/aromatic N) is 2. The van der Waals surface area contributed by atoms with Gasteiger partial charge in [-0.05, 0) is 24.3 Å². The summed E-state index contributed by atoms with van der Waals surface area (Å²) in [6.07, 6.45) is 1.88. The van der Waals surface area contributed by atoms with Gasteiger partial charge in [-0.3, -0.25) is 0 Å². The van der Waals surface area contributed by atoms with Crippen molar-refractivity contribution in [2.24, 2.45) is 4.99 Å². The van der Waals surface area contributed by atoms with Crippen molar-refractivity contribution in [3.8, 4) is 0 Å². The summed E-state index contributed by atoms with van der Waals surface area (Å²) in [5, 5.41) is 1.82. The summed E-state index contributed by atoms with van der Waals surface area (Å²) in [7, 11) is 0. The molecule has 3 rings (SSSR count). The van der Waals surface area contributed by atoms with Crippen LogP contribution >= 0.6 is 11.6 Å². The molecule has 0 radical (unpaired) electrons. The zero-order valence-corrected chi connectivity index (χ0v) is 10.2. The average Bonchev–Trinajstić information content (AvgIpc) is 2.38. The van der Waals surface area contributed by atoms with E-state index in [0.717, 1.165) is 10.6 Å². The number of rotatable bonds is 1. The molecule has 0 fully saturated rings. The number of fused-ring (bicyclic) bond motifs is 1. The molecule has 0 saturated heterocycles. The Morgan fingerprint density at radius 3 is 2.78 bits per heavy atom. The van der Waals surface area contributed by atoms with Crippen molar-refractivity contribution >= 4 is 23.5 Å². The fourth-order valence-electron chi connectivity index (χ4n) is 1.94. The maximum atomic E-state index is 13.2. The summed E-state index contributed by atoms with van der Waals surface area (Å²) < 4.78 is 13.2. The molecule has 2 aromatic rings. The predicted molar refractivity (Wildman–Crippen MR) is 70.2 cm³/mol. The van der Waals surface area contributed by atoms with Crippen molar-refractivity contribution in [3.63, 3.8) is 0 Å². The van der Waals surface area contributed by atoms with Crippen molar-refractivity contribution < 1.29 is 4.39 Å². The van der Waals surface area contributed by atoms with Crippen LogP contribution in [0.5, 0.6) is 0 Å². The first-order valence-electron chi connectivity index (χ1n) is 5.57. The van der Waals surface area contributed by atoms with Crippen molar-refractivity contribution in [3.05, 3.63) is 64.9 Å². The normalized spacial score (nSPS) is 17.7. The Bertz CT molecular complexity index is 699. The first-order valence-corrected chi connectivity index (χ1v) is 6.00. The summed E-state index contributed by atoms with van der Waals surface area (Å²) in [6, 6.07) is 14.0. The number of anilines is 1. The molecular formula is C14H10ClFN2. The van der Waals surface area contributed by atoms with E-state index in [1.54, 1.807) is 17.0 Å². The maximum Gasteiger partial charge on any atom is 0.202 e. The lowest BCUT2D eigenvalue weighted by molar-refractivity contribution is 0.627. The molecule has 1 aliphatic heterocycles. The zero-order chi connectivity index (χ0) is 12.5. The number of alkyl halides is 1. The molecule has 0 aromatic heterocycles. The zero-order valence-electron chi connectivity index (χ0n) is 9.42. The van der Waals surface area contributed by atoms with Gasteiger partial charge in [-0.2, -0.15) is 0 Å². The van der Waals surface area contributed by atoms with Crippen molar-refractivity contribution in [2.45, 2.75) is 5.62 Å². The van der Waals surface area contributed by atoms with Crippen LogP contribution in [0.4, 0.5) is 10.1 Å². The minimum Gasteiger partial charge on any atom is -0.312 e. The minimum absolute atomic E-state index is 0.288. The van der Waals surface area contributed by atoms with E-state index in [4.69, 9.17) is 11.6 Å². The molecule has 0 amide bonds. The maximum absolute atomic E-state index is 13.2. The molecular weight excluding hydrogens is 251 g/mol. The molecule has 2 nitrogen and oxygen atoms in total. The van der Waals surface area contributed by atoms with Gasteiger partial charge >= 0.3 is 0 Å². The van der Waals surface area contributed by atoms with Gasteiger partial charge in [0.15, 0.2) is 0 Å². The Morgan fingerprint density at radius 1 is 1.11 bits per heavy atom. The molecule has 0 N–H and O–H groups in total. The van der Waals surface area contributed by atoms with Crippen LogP contribution < -0.4 is 15.5 Å². The first-order chi connectivity index (χ1) is 8.74. The third-order valence-corrected chi connectivity index (χ3v) is 3.10. The van der Waals surface area contributed by atoms with Crippen LogP contribution in [0, 0.1) is 5.82 Å². The van der Waals surface area contributed by atoms with Crippen molar-refractivity contribution in [1.29, 1.82) is 0 Å². The lowest BCUT2D eigenvalue weighted by atomic mass is 10.2. The van der Waals surface area contributed by atoms with E-state index in [2.05, 4.69) is 4.99 Å². The Balaban J connectivity index is 2.13.